The van der Waals surface area contributed by atoms with Gasteiger partial charge in [0.2, 0.25) is 0 Å². The number of phenols is 1. The van der Waals surface area contributed by atoms with E-state index in [9.17, 15) is 9.90 Å². The Balaban J connectivity index is 0.00000480. The van der Waals surface area contributed by atoms with Gasteiger partial charge in [-0.2, -0.15) is 0 Å². The first kappa shape index (κ1) is 26.5. The van der Waals surface area contributed by atoms with Crippen LogP contribution in [-0.2, 0) is 4.74 Å². The van der Waals surface area contributed by atoms with Gasteiger partial charge in [0.15, 0.2) is 5.96 Å². The highest BCUT2D eigenvalue weighted by atomic mass is 127. The number of nitrogens with zero attached hydrogens (tertiary/aromatic N) is 1. The molecule has 2 aromatic carbocycles. The number of aromatic hydroxyl groups is 1. The molecule has 0 atom stereocenters. The number of hydrogen-bond acceptors (Lipinski definition) is 5. The third-order valence-electron chi connectivity index (χ3n) is 4.00. The Bertz CT molecular complexity index is 815. The molecule has 0 unspecified atom stereocenters. The molecular weight excluding hydrogens is 511 g/mol. The Labute approximate surface area is 200 Å². The molecule has 0 radical (unpaired) electrons. The molecule has 2 aromatic rings. The van der Waals surface area contributed by atoms with E-state index in [-0.39, 0.29) is 35.6 Å². The zero-order chi connectivity index (χ0) is 21.6. The minimum Gasteiger partial charge on any atom is -0.508 e. The van der Waals surface area contributed by atoms with Gasteiger partial charge in [0.25, 0.3) is 5.91 Å². The number of phenolic OH excluding ortho intramolecular Hbond substituents is 1. The first-order valence-corrected chi connectivity index (χ1v) is 9.96. The average Bonchev–Trinajstić information content (AvgIpc) is 2.75. The summed E-state index contributed by atoms with van der Waals surface area (Å²) in [5.41, 5.74) is 1.34. The number of benzene rings is 2. The van der Waals surface area contributed by atoms with Crippen molar-refractivity contribution in [2.75, 3.05) is 45.3 Å². The number of methoxy groups -OCH3 is 1. The van der Waals surface area contributed by atoms with Gasteiger partial charge in [0.05, 0.1) is 13.2 Å². The second-order valence-corrected chi connectivity index (χ2v) is 6.41. The number of halogens is 1. The van der Waals surface area contributed by atoms with Crippen LogP contribution < -0.4 is 20.7 Å². The first-order chi connectivity index (χ1) is 14.6. The maximum atomic E-state index is 12.1. The molecule has 170 valence electrons. The second-order valence-electron chi connectivity index (χ2n) is 6.41. The zero-order valence-electron chi connectivity index (χ0n) is 17.9. The van der Waals surface area contributed by atoms with Crippen molar-refractivity contribution in [2.45, 2.75) is 13.3 Å². The Kier molecular flexibility index (Phi) is 13.1. The summed E-state index contributed by atoms with van der Waals surface area (Å²) >= 11 is 0. The number of anilines is 1. The predicted octanol–water partition coefficient (Wildman–Crippen LogP) is 3.23. The number of amides is 1. The molecule has 4 N–H and O–H groups in total. The molecule has 0 spiro atoms. The maximum absolute atomic E-state index is 12.1. The smallest absolute Gasteiger partial charge is 0.251 e. The van der Waals surface area contributed by atoms with E-state index in [1.54, 1.807) is 19.2 Å². The fourth-order valence-electron chi connectivity index (χ4n) is 2.55. The quantitative estimate of drug-likeness (QED) is 0.151. The Morgan fingerprint density at radius 3 is 2.58 bits per heavy atom. The lowest BCUT2D eigenvalue weighted by atomic mass is 10.2. The van der Waals surface area contributed by atoms with Crippen LogP contribution in [0.3, 0.4) is 0 Å². The van der Waals surface area contributed by atoms with E-state index in [1.165, 1.54) is 12.1 Å². The summed E-state index contributed by atoms with van der Waals surface area (Å²) in [6.45, 7) is 4.74. The predicted molar refractivity (Wildman–Crippen MR) is 134 cm³/mol. The fourth-order valence-corrected chi connectivity index (χ4v) is 2.55. The number of ether oxygens (including phenoxy) is 2. The van der Waals surface area contributed by atoms with Crippen LogP contribution >= 0.6 is 24.0 Å². The average molecular weight is 542 g/mol. The molecule has 8 nitrogen and oxygen atoms in total. The van der Waals surface area contributed by atoms with Crippen LogP contribution in [0.2, 0.25) is 0 Å². The molecule has 0 heterocycles. The van der Waals surface area contributed by atoms with Gasteiger partial charge in [-0.3, -0.25) is 9.79 Å². The summed E-state index contributed by atoms with van der Waals surface area (Å²) in [6, 6.07) is 13.8. The lowest BCUT2D eigenvalue weighted by molar-refractivity contribution is 0.0955. The third kappa shape index (κ3) is 10.4. The summed E-state index contributed by atoms with van der Waals surface area (Å²) in [5, 5.41) is 18.5. The van der Waals surface area contributed by atoms with Crippen LogP contribution in [0.25, 0.3) is 0 Å². The van der Waals surface area contributed by atoms with Gasteiger partial charge in [-0.1, -0.05) is 6.07 Å². The van der Waals surface area contributed by atoms with Crippen LogP contribution in [0.15, 0.2) is 53.5 Å². The molecule has 0 saturated carbocycles. The molecule has 0 aliphatic heterocycles. The number of hydrogen-bond donors (Lipinski definition) is 4. The van der Waals surface area contributed by atoms with Gasteiger partial charge in [0, 0.05) is 50.5 Å². The molecule has 0 bridgehead atoms. The van der Waals surface area contributed by atoms with Crippen molar-refractivity contribution in [2.24, 2.45) is 4.99 Å². The number of rotatable bonds is 11. The van der Waals surface area contributed by atoms with Crippen molar-refractivity contribution in [3.63, 3.8) is 0 Å². The van der Waals surface area contributed by atoms with Gasteiger partial charge in [-0.25, -0.2) is 0 Å². The monoisotopic (exact) mass is 542 g/mol. The topological polar surface area (TPSA) is 104 Å². The van der Waals surface area contributed by atoms with Gasteiger partial charge in [0.1, 0.15) is 11.5 Å². The van der Waals surface area contributed by atoms with Crippen molar-refractivity contribution >= 4 is 41.5 Å². The first-order valence-electron chi connectivity index (χ1n) is 9.96. The minimum absolute atomic E-state index is 0. The second kappa shape index (κ2) is 15.3. The Morgan fingerprint density at radius 2 is 1.87 bits per heavy atom. The van der Waals surface area contributed by atoms with Gasteiger partial charge in [-0.15, -0.1) is 24.0 Å². The molecular formula is C22H31IN4O4. The van der Waals surface area contributed by atoms with E-state index < -0.39 is 0 Å². The van der Waals surface area contributed by atoms with Crippen molar-refractivity contribution in [1.82, 2.24) is 10.6 Å². The summed E-state index contributed by atoms with van der Waals surface area (Å²) in [4.78, 5) is 16.6. The Morgan fingerprint density at radius 1 is 1.10 bits per heavy atom. The molecule has 0 saturated heterocycles. The summed E-state index contributed by atoms with van der Waals surface area (Å²) in [7, 11) is 1.67. The number of nitrogens with one attached hydrogen (secondary N) is 3. The summed E-state index contributed by atoms with van der Waals surface area (Å²) in [6.07, 6.45) is 0.827. The van der Waals surface area contributed by atoms with Gasteiger partial charge < -0.3 is 30.5 Å². The van der Waals surface area contributed by atoms with Crippen LogP contribution in [0.1, 0.15) is 23.7 Å². The molecule has 9 heteroatoms. The zero-order valence-corrected chi connectivity index (χ0v) is 20.2. The molecule has 1 amide bonds. The van der Waals surface area contributed by atoms with Crippen LogP contribution in [0.5, 0.6) is 11.5 Å². The summed E-state index contributed by atoms with van der Waals surface area (Å²) < 4.78 is 10.7. The number of aliphatic imine (C=N–C) groups is 1. The highest BCUT2D eigenvalue weighted by molar-refractivity contribution is 14.0. The standard InChI is InChI=1S/C22H30N4O4.HI/c1-3-23-22(25-13-12-24-21(28)17-8-10-19(27)11-9-17)26-18-6-4-7-20(16-18)30-15-5-14-29-2;/h4,6-11,16,27H,3,5,12-15H2,1-2H3,(H,24,28)(H2,23,25,26);1H. The summed E-state index contributed by atoms with van der Waals surface area (Å²) in [5.74, 6) is 1.31. The van der Waals surface area contributed by atoms with Crippen molar-refractivity contribution in [3.8, 4) is 11.5 Å². The maximum Gasteiger partial charge on any atom is 0.251 e. The number of guanidine groups is 1. The van der Waals surface area contributed by atoms with Crippen molar-refractivity contribution in [3.05, 3.63) is 54.1 Å². The van der Waals surface area contributed by atoms with E-state index in [0.717, 1.165) is 17.9 Å². The molecule has 0 fully saturated rings. The normalized spacial score (nSPS) is 10.7. The van der Waals surface area contributed by atoms with Crippen LogP contribution in [0.4, 0.5) is 5.69 Å². The van der Waals surface area contributed by atoms with E-state index in [4.69, 9.17) is 9.47 Å². The fraction of sp³-hybridized carbons (Fsp3) is 0.364. The van der Waals surface area contributed by atoms with Gasteiger partial charge >= 0.3 is 0 Å². The molecule has 0 aliphatic rings. The van der Waals surface area contributed by atoms with Crippen molar-refractivity contribution < 1.29 is 19.4 Å². The molecule has 31 heavy (non-hydrogen) atoms. The number of carbonyl (C=O) groups excluding carboxylic acids is 1. The van der Waals surface area contributed by atoms with E-state index >= 15 is 0 Å². The largest absolute Gasteiger partial charge is 0.508 e. The van der Waals surface area contributed by atoms with Crippen LogP contribution in [-0.4, -0.2) is 56.9 Å². The highest BCUT2D eigenvalue weighted by Gasteiger charge is 2.05. The number of carbonyl (C=O) groups is 1. The molecule has 0 aliphatic carbocycles. The molecule has 0 aromatic heterocycles. The van der Waals surface area contributed by atoms with Crippen LogP contribution in [0, 0.1) is 0 Å². The lowest BCUT2D eigenvalue weighted by Gasteiger charge is -2.13. The Hall–Kier alpha value is -2.53. The van der Waals surface area contributed by atoms with Gasteiger partial charge in [-0.05, 0) is 43.3 Å². The highest BCUT2D eigenvalue weighted by Crippen LogP contribution is 2.17. The SMILES string of the molecule is CCNC(=NCCNC(=O)c1ccc(O)cc1)Nc1cccc(OCCCOC)c1.I. The molecule has 2 rings (SSSR count). The van der Waals surface area contributed by atoms with E-state index in [1.807, 2.05) is 31.2 Å². The lowest BCUT2D eigenvalue weighted by Crippen LogP contribution is -2.32. The van der Waals surface area contributed by atoms with E-state index in [0.29, 0.717) is 44.4 Å². The minimum atomic E-state index is -0.207. The van der Waals surface area contributed by atoms with E-state index in [2.05, 4.69) is 20.9 Å². The third-order valence-corrected chi connectivity index (χ3v) is 4.00. The van der Waals surface area contributed by atoms with Crippen molar-refractivity contribution in [1.29, 1.82) is 0 Å².